The fraction of sp³-hybridized carbons (Fsp3) is 0.462. The molecule has 1 aliphatic heterocycles. The number of hydrogen-bond acceptors (Lipinski definition) is 4. The molecule has 8 heteroatoms. The quantitative estimate of drug-likeness (QED) is 0.600. The maximum atomic E-state index is 13.3. The Hall–Kier alpha value is -2.71. The number of nitrogens with one attached hydrogen (secondary N) is 2. The van der Waals surface area contributed by atoms with Crippen molar-refractivity contribution < 1.29 is 18.0 Å². The summed E-state index contributed by atoms with van der Waals surface area (Å²) in [4.78, 5) is 28.1. The van der Waals surface area contributed by atoms with Crippen LogP contribution in [0.1, 0.15) is 48.2 Å². The minimum Gasteiger partial charge on any atom is -0.341 e. The van der Waals surface area contributed by atoms with Crippen LogP contribution < -0.4 is 10.0 Å². The van der Waals surface area contributed by atoms with Crippen LogP contribution in [0, 0.1) is 25.7 Å². The number of hydrogen-bond donors (Lipinski definition) is 2. The van der Waals surface area contributed by atoms with Crippen LogP contribution in [-0.4, -0.2) is 50.8 Å². The van der Waals surface area contributed by atoms with Gasteiger partial charge >= 0.3 is 0 Å². The summed E-state index contributed by atoms with van der Waals surface area (Å²) in [5.41, 5.74) is 2.50. The number of piperidine rings is 1. The van der Waals surface area contributed by atoms with Crippen molar-refractivity contribution in [3.8, 4) is 0 Å². The summed E-state index contributed by atoms with van der Waals surface area (Å²) in [7, 11) is -3.60. The van der Waals surface area contributed by atoms with Crippen molar-refractivity contribution >= 4 is 21.8 Å². The SMILES string of the molecule is Cc1ccc(S(=O)(=O)NCC2CCCN(C(=O)C(NC(=O)c3cccc(C)c3)C(C)C)C2)cc1. The Morgan fingerprint density at radius 1 is 1.06 bits per heavy atom. The number of aryl methyl sites for hydroxylation is 2. The van der Waals surface area contributed by atoms with Crippen LogP contribution in [0.3, 0.4) is 0 Å². The molecular weight excluding hydrogens is 450 g/mol. The molecule has 3 rings (SSSR count). The fourth-order valence-corrected chi connectivity index (χ4v) is 5.30. The van der Waals surface area contributed by atoms with Crippen molar-refractivity contribution in [2.45, 2.75) is 51.5 Å². The van der Waals surface area contributed by atoms with E-state index in [9.17, 15) is 18.0 Å². The minimum absolute atomic E-state index is 0.0122. The number of carbonyl (C=O) groups is 2. The molecule has 1 aliphatic rings. The van der Waals surface area contributed by atoms with Gasteiger partial charge in [-0.1, -0.05) is 49.2 Å². The number of sulfonamides is 1. The average molecular weight is 486 g/mol. The third-order valence-corrected chi connectivity index (χ3v) is 7.66. The van der Waals surface area contributed by atoms with E-state index in [2.05, 4.69) is 10.0 Å². The smallest absolute Gasteiger partial charge is 0.251 e. The second kappa shape index (κ2) is 11.1. The van der Waals surface area contributed by atoms with Crippen LogP contribution >= 0.6 is 0 Å². The van der Waals surface area contributed by atoms with E-state index < -0.39 is 16.1 Å². The molecule has 0 spiro atoms. The van der Waals surface area contributed by atoms with Crippen LogP contribution in [0.25, 0.3) is 0 Å². The first-order valence-corrected chi connectivity index (χ1v) is 13.3. The topological polar surface area (TPSA) is 95.6 Å². The van der Waals surface area contributed by atoms with E-state index >= 15 is 0 Å². The standard InChI is InChI=1S/C26H35N3O4S/c1-18(2)24(28-25(30)22-9-5-7-20(4)15-22)26(31)29-14-6-8-21(17-29)16-27-34(32,33)23-12-10-19(3)11-13-23/h5,7,9-13,15,18,21,24,27H,6,8,14,16-17H2,1-4H3,(H,28,30). The van der Waals surface area contributed by atoms with Crippen molar-refractivity contribution in [2.75, 3.05) is 19.6 Å². The van der Waals surface area contributed by atoms with Crippen molar-refractivity contribution in [1.82, 2.24) is 14.9 Å². The highest BCUT2D eigenvalue weighted by atomic mass is 32.2. The van der Waals surface area contributed by atoms with Gasteiger partial charge in [0.15, 0.2) is 0 Å². The first-order valence-electron chi connectivity index (χ1n) is 11.8. The molecule has 2 atom stereocenters. The number of nitrogens with zero attached hydrogens (tertiary/aromatic N) is 1. The van der Waals surface area contributed by atoms with Crippen LogP contribution in [0.5, 0.6) is 0 Å². The lowest BCUT2D eigenvalue weighted by Gasteiger charge is -2.36. The van der Waals surface area contributed by atoms with Crippen molar-refractivity contribution in [3.05, 3.63) is 65.2 Å². The zero-order chi connectivity index (χ0) is 24.9. The fourth-order valence-electron chi connectivity index (χ4n) is 4.18. The van der Waals surface area contributed by atoms with Gasteiger partial charge in [-0.05, 0) is 62.8 Å². The molecule has 0 aromatic heterocycles. The molecule has 7 nitrogen and oxygen atoms in total. The van der Waals surface area contributed by atoms with Gasteiger partial charge in [-0.25, -0.2) is 13.1 Å². The molecule has 34 heavy (non-hydrogen) atoms. The van der Waals surface area contributed by atoms with E-state index in [0.717, 1.165) is 24.0 Å². The van der Waals surface area contributed by atoms with Gasteiger partial charge in [0.05, 0.1) is 4.90 Å². The van der Waals surface area contributed by atoms with Crippen molar-refractivity contribution in [2.24, 2.45) is 11.8 Å². The van der Waals surface area contributed by atoms with Gasteiger partial charge in [0.1, 0.15) is 6.04 Å². The molecule has 2 aromatic carbocycles. The zero-order valence-electron chi connectivity index (χ0n) is 20.4. The lowest BCUT2D eigenvalue weighted by atomic mass is 9.95. The zero-order valence-corrected chi connectivity index (χ0v) is 21.2. The third-order valence-electron chi connectivity index (χ3n) is 6.22. The summed E-state index contributed by atoms with van der Waals surface area (Å²) in [6.45, 7) is 8.98. The number of carbonyl (C=O) groups excluding carboxylic acids is 2. The number of rotatable bonds is 8. The molecule has 2 N–H and O–H groups in total. The van der Waals surface area contributed by atoms with Crippen molar-refractivity contribution in [1.29, 1.82) is 0 Å². The highest BCUT2D eigenvalue weighted by molar-refractivity contribution is 7.89. The highest BCUT2D eigenvalue weighted by Crippen LogP contribution is 2.20. The van der Waals surface area contributed by atoms with Gasteiger partial charge in [0.2, 0.25) is 15.9 Å². The summed E-state index contributed by atoms with van der Waals surface area (Å²) >= 11 is 0. The van der Waals surface area contributed by atoms with Gasteiger partial charge in [0.25, 0.3) is 5.91 Å². The van der Waals surface area contributed by atoms with Gasteiger partial charge < -0.3 is 10.2 Å². The molecule has 1 heterocycles. The molecular formula is C26H35N3O4S. The largest absolute Gasteiger partial charge is 0.341 e. The molecule has 2 amide bonds. The summed E-state index contributed by atoms with van der Waals surface area (Å²) in [6.07, 6.45) is 1.63. The van der Waals surface area contributed by atoms with E-state index in [1.807, 2.05) is 39.8 Å². The Balaban J connectivity index is 1.62. The van der Waals surface area contributed by atoms with E-state index in [4.69, 9.17) is 0 Å². The molecule has 0 bridgehead atoms. The second-order valence-corrected chi connectivity index (χ2v) is 11.3. The lowest BCUT2D eigenvalue weighted by molar-refractivity contribution is -0.136. The van der Waals surface area contributed by atoms with E-state index in [0.29, 0.717) is 18.7 Å². The van der Waals surface area contributed by atoms with Crippen molar-refractivity contribution in [3.63, 3.8) is 0 Å². The predicted molar refractivity (Wildman–Crippen MR) is 133 cm³/mol. The highest BCUT2D eigenvalue weighted by Gasteiger charge is 2.32. The van der Waals surface area contributed by atoms with E-state index in [-0.39, 0.29) is 35.1 Å². The summed E-state index contributed by atoms with van der Waals surface area (Å²) in [5, 5.41) is 2.91. The number of amides is 2. The molecule has 2 aromatic rings. The Bertz CT molecular complexity index is 1110. The van der Waals surface area contributed by atoms with E-state index in [1.54, 1.807) is 41.3 Å². The van der Waals surface area contributed by atoms with Crippen LogP contribution in [0.4, 0.5) is 0 Å². The monoisotopic (exact) mass is 485 g/mol. The minimum atomic E-state index is -3.60. The van der Waals surface area contributed by atoms with Crippen LogP contribution in [-0.2, 0) is 14.8 Å². The van der Waals surface area contributed by atoms with Gasteiger partial charge in [0, 0.05) is 25.2 Å². The maximum Gasteiger partial charge on any atom is 0.251 e. The first-order chi connectivity index (χ1) is 16.1. The molecule has 0 saturated carbocycles. The molecule has 1 saturated heterocycles. The maximum absolute atomic E-state index is 13.3. The Kier molecular flexibility index (Phi) is 8.49. The third kappa shape index (κ3) is 6.67. The molecule has 184 valence electrons. The Morgan fingerprint density at radius 3 is 2.41 bits per heavy atom. The Labute approximate surface area is 203 Å². The molecule has 0 radical (unpaired) electrons. The summed E-state index contributed by atoms with van der Waals surface area (Å²) in [5.74, 6) is -0.461. The van der Waals surface area contributed by atoms with E-state index in [1.165, 1.54) is 0 Å². The summed E-state index contributed by atoms with van der Waals surface area (Å²) in [6, 6.07) is 13.4. The van der Waals surface area contributed by atoms with Crippen LogP contribution in [0.2, 0.25) is 0 Å². The molecule has 2 unspecified atom stereocenters. The first kappa shape index (κ1) is 25.9. The normalized spacial score (nSPS) is 17.4. The number of likely N-dealkylation sites (tertiary alicyclic amines) is 1. The lowest BCUT2D eigenvalue weighted by Crippen LogP contribution is -2.54. The van der Waals surface area contributed by atoms with Gasteiger partial charge in [-0.15, -0.1) is 0 Å². The van der Waals surface area contributed by atoms with Gasteiger partial charge in [-0.3, -0.25) is 9.59 Å². The number of benzene rings is 2. The van der Waals surface area contributed by atoms with Crippen LogP contribution in [0.15, 0.2) is 53.4 Å². The second-order valence-electron chi connectivity index (χ2n) is 9.52. The molecule has 1 fully saturated rings. The molecule has 0 aliphatic carbocycles. The average Bonchev–Trinajstić information content (AvgIpc) is 2.81. The van der Waals surface area contributed by atoms with Gasteiger partial charge in [-0.2, -0.15) is 0 Å². The Morgan fingerprint density at radius 2 is 1.76 bits per heavy atom. The predicted octanol–water partition coefficient (Wildman–Crippen LogP) is 3.27. The summed E-state index contributed by atoms with van der Waals surface area (Å²) < 4.78 is 28.0.